The summed E-state index contributed by atoms with van der Waals surface area (Å²) >= 11 is 0. The summed E-state index contributed by atoms with van der Waals surface area (Å²) in [5, 5.41) is 13.2. The van der Waals surface area contributed by atoms with Crippen LogP contribution in [0.3, 0.4) is 0 Å². The Balaban J connectivity index is 1.93. The van der Waals surface area contributed by atoms with Gasteiger partial charge in [0.1, 0.15) is 5.54 Å². The van der Waals surface area contributed by atoms with Crippen LogP contribution in [0.25, 0.3) is 10.9 Å². The van der Waals surface area contributed by atoms with Crippen molar-refractivity contribution < 1.29 is 14.7 Å². The zero-order valence-corrected chi connectivity index (χ0v) is 13.4. The third-order valence-corrected chi connectivity index (χ3v) is 4.69. The number of carbonyl (C=O) groups excluding carboxylic acids is 1. The van der Waals surface area contributed by atoms with Crippen molar-refractivity contribution in [3.05, 3.63) is 36.0 Å². The van der Waals surface area contributed by atoms with Gasteiger partial charge in [-0.1, -0.05) is 43.9 Å². The smallest absolute Gasteiger partial charge is 0.329 e. The van der Waals surface area contributed by atoms with Gasteiger partial charge in [0.2, 0.25) is 0 Å². The van der Waals surface area contributed by atoms with E-state index in [2.05, 4.69) is 10.3 Å². The van der Waals surface area contributed by atoms with E-state index in [4.69, 9.17) is 5.73 Å². The number of nitrogens with one attached hydrogen (secondary N) is 1. The number of amides is 1. The van der Waals surface area contributed by atoms with Crippen LogP contribution in [0.5, 0.6) is 0 Å². The molecule has 1 aliphatic rings. The van der Waals surface area contributed by atoms with Crippen molar-refractivity contribution >= 4 is 28.5 Å². The van der Waals surface area contributed by atoms with Crippen molar-refractivity contribution in [2.24, 2.45) is 0 Å². The highest BCUT2D eigenvalue weighted by Gasteiger charge is 2.40. The highest BCUT2D eigenvalue weighted by atomic mass is 16.4. The summed E-state index contributed by atoms with van der Waals surface area (Å²) in [5.74, 6) is -1.51. The number of nitrogens with zero attached hydrogens (tertiary/aromatic N) is 1. The number of anilines is 1. The molecule has 126 valence electrons. The van der Waals surface area contributed by atoms with E-state index in [1.807, 2.05) is 18.2 Å². The summed E-state index contributed by atoms with van der Waals surface area (Å²) in [4.78, 5) is 28.8. The molecule has 1 aromatic carbocycles. The lowest BCUT2D eigenvalue weighted by atomic mass is 9.90. The molecule has 0 radical (unpaired) electrons. The lowest BCUT2D eigenvalue weighted by molar-refractivity contribution is -0.145. The second-order valence-corrected chi connectivity index (χ2v) is 6.37. The molecule has 24 heavy (non-hydrogen) atoms. The molecule has 1 aromatic heterocycles. The predicted molar refractivity (Wildman–Crippen MR) is 91.7 cm³/mol. The zero-order chi connectivity index (χ0) is 17.2. The normalized spacial score (nSPS) is 17.2. The quantitative estimate of drug-likeness (QED) is 0.752. The topological polar surface area (TPSA) is 105 Å². The average Bonchev–Trinajstić information content (AvgIpc) is 2.80. The SMILES string of the molecule is Nc1cc2ccccc2nc1C(=O)NC1(C(=O)O)CCCCCC1. The van der Waals surface area contributed by atoms with Gasteiger partial charge in [-0.3, -0.25) is 4.79 Å². The van der Waals surface area contributed by atoms with E-state index in [1.165, 1.54) is 0 Å². The Bertz CT molecular complexity index is 780. The van der Waals surface area contributed by atoms with Gasteiger partial charge in [0, 0.05) is 5.39 Å². The Morgan fingerprint density at radius 1 is 1.12 bits per heavy atom. The highest BCUT2D eigenvalue weighted by Crippen LogP contribution is 2.28. The molecule has 1 heterocycles. The zero-order valence-electron chi connectivity index (χ0n) is 13.4. The van der Waals surface area contributed by atoms with Gasteiger partial charge in [-0.05, 0) is 25.0 Å². The number of aliphatic carboxylic acids is 1. The number of nitrogens with two attached hydrogens (primary N) is 1. The van der Waals surface area contributed by atoms with Crippen LogP contribution in [0.15, 0.2) is 30.3 Å². The summed E-state index contributed by atoms with van der Waals surface area (Å²) < 4.78 is 0. The van der Waals surface area contributed by atoms with E-state index >= 15 is 0 Å². The number of carboxylic acids is 1. The second kappa shape index (κ2) is 6.47. The van der Waals surface area contributed by atoms with Gasteiger partial charge >= 0.3 is 5.97 Å². The number of aromatic nitrogens is 1. The molecule has 0 atom stereocenters. The monoisotopic (exact) mass is 327 g/mol. The molecular formula is C18H21N3O3. The molecule has 2 aromatic rings. The molecule has 1 fully saturated rings. The second-order valence-electron chi connectivity index (χ2n) is 6.37. The fourth-order valence-electron chi connectivity index (χ4n) is 3.32. The van der Waals surface area contributed by atoms with E-state index in [-0.39, 0.29) is 11.4 Å². The minimum Gasteiger partial charge on any atom is -0.480 e. The number of fused-ring (bicyclic) bond motifs is 1. The van der Waals surface area contributed by atoms with E-state index in [0.717, 1.165) is 31.1 Å². The molecule has 4 N–H and O–H groups in total. The Labute approximate surface area is 140 Å². The molecule has 1 amide bonds. The van der Waals surface area contributed by atoms with E-state index in [0.29, 0.717) is 18.4 Å². The van der Waals surface area contributed by atoms with E-state index < -0.39 is 17.4 Å². The standard InChI is InChI=1S/C18H21N3O3/c19-13-11-12-7-3-4-8-14(12)20-15(13)16(22)21-18(17(23)24)9-5-1-2-6-10-18/h3-4,7-8,11H,1-2,5-6,9-10,19H2,(H,21,22)(H,23,24). The number of para-hydroxylation sites is 1. The van der Waals surface area contributed by atoms with Gasteiger partial charge in [0.15, 0.2) is 5.69 Å². The number of hydrogen-bond donors (Lipinski definition) is 3. The van der Waals surface area contributed by atoms with Gasteiger partial charge in [-0.25, -0.2) is 9.78 Å². The molecule has 1 saturated carbocycles. The molecule has 0 saturated heterocycles. The molecular weight excluding hydrogens is 306 g/mol. The molecule has 0 aliphatic heterocycles. The molecule has 0 bridgehead atoms. The summed E-state index contributed by atoms with van der Waals surface area (Å²) in [6, 6.07) is 9.05. The van der Waals surface area contributed by atoms with Crippen molar-refractivity contribution in [1.29, 1.82) is 0 Å². The van der Waals surface area contributed by atoms with Crippen LogP contribution in [0.4, 0.5) is 5.69 Å². The first kappa shape index (κ1) is 16.2. The van der Waals surface area contributed by atoms with Crippen LogP contribution >= 0.6 is 0 Å². The Kier molecular flexibility index (Phi) is 4.38. The van der Waals surface area contributed by atoms with Crippen LogP contribution < -0.4 is 11.1 Å². The van der Waals surface area contributed by atoms with Crippen LogP contribution in [0.1, 0.15) is 49.0 Å². The van der Waals surface area contributed by atoms with Gasteiger partial charge in [-0.2, -0.15) is 0 Å². The van der Waals surface area contributed by atoms with Crippen molar-refractivity contribution in [1.82, 2.24) is 10.3 Å². The lowest BCUT2D eigenvalue weighted by Crippen LogP contribution is -2.54. The molecule has 0 unspecified atom stereocenters. The predicted octanol–water partition coefficient (Wildman–Crippen LogP) is 2.72. The van der Waals surface area contributed by atoms with E-state index in [9.17, 15) is 14.7 Å². The van der Waals surface area contributed by atoms with Gasteiger partial charge in [0.25, 0.3) is 5.91 Å². The largest absolute Gasteiger partial charge is 0.480 e. The number of rotatable bonds is 3. The maximum Gasteiger partial charge on any atom is 0.329 e. The van der Waals surface area contributed by atoms with Crippen LogP contribution in [0.2, 0.25) is 0 Å². The Hall–Kier alpha value is -2.63. The third kappa shape index (κ3) is 3.04. The number of pyridine rings is 1. The van der Waals surface area contributed by atoms with Crippen LogP contribution in [-0.2, 0) is 4.79 Å². The van der Waals surface area contributed by atoms with Gasteiger partial charge < -0.3 is 16.2 Å². The van der Waals surface area contributed by atoms with Crippen molar-refractivity contribution in [3.8, 4) is 0 Å². The first-order valence-corrected chi connectivity index (χ1v) is 8.23. The number of carboxylic acid groups (broad SMARTS) is 1. The van der Waals surface area contributed by atoms with Crippen molar-refractivity contribution in [2.45, 2.75) is 44.1 Å². The molecule has 6 heteroatoms. The van der Waals surface area contributed by atoms with Crippen molar-refractivity contribution in [2.75, 3.05) is 5.73 Å². The maximum absolute atomic E-state index is 12.7. The fourth-order valence-corrected chi connectivity index (χ4v) is 3.32. The van der Waals surface area contributed by atoms with E-state index in [1.54, 1.807) is 12.1 Å². The first-order chi connectivity index (χ1) is 11.5. The number of hydrogen-bond acceptors (Lipinski definition) is 4. The number of benzene rings is 1. The fraction of sp³-hybridized carbons (Fsp3) is 0.389. The van der Waals surface area contributed by atoms with Gasteiger partial charge in [0.05, 0.1) is 11.2 Å². The van der Waals surface area contributed by atoms with Crippen molar-refractivity contribution in [3.63, 3.8) is 0 Å². The van der Waals surface area contributed by atoms with Crippen LogP contribution in [0, 0.1) is 0 Å². The molecule has 1 aliphatic carbocycles. The minimum atomic E-state index is -1.23. The summed E-state index contributed by atoms with van der Waals surface area (Å²) in [7, 11) is 0. The number of nitrogen functional groups attached to an aromatic ring is 1. The molecule has 3 rings (SSSR count). The Morgan fingerprint density at radius 2 is 1.79 bits per heavy atom. The molecule has 0 spiro atoms. The summed E-state index contributed by atoms with van der Waals surface area (Å²) in [5.41, 5.74) is 5.73. The maximum atomic E-state index is 12.7. The minimum absolute atomic E-state index is 0.0820. The van der Waals surface area contributed by atoms with Gasteiger partial charge in [-0.15, -0.1) is 0 Å². The Morgan fingerprint density at radius 3 is 2.46 bits per heavy atom. The summed E-state index contributed by atoms with van der Waals surface area (Å²) in [6.07, 6.45) is 4.41. The molecule has 6 nitrogen and oxygen atoms in total. The van der Waals surface area contributed by atoms with Crippen LogP contribution in [-0.4, -0.2) is 27.5 Å². The lowest BCUT2D eigenvalue weighted by Gasteiger charge is -2.29. The third-order valence-electron chi connectivity index (χ3n) is 4.69. The average molecular weight is 327 g/mol. The first-order valence-electron chi connectivity index (χ1n) is 8.23. The summed E-state index contributed by atoms with van der Waals surface area (Å²) in [6.45, 7) is 0. The number of carbonyl (C=O) groups is 2. The highest BCUT2D eigenvalue weighted by molar-refractivity contribution is 6.02.